The number of ether oxygens (including phenoxy) is 3. The third kappa shape index (κ3) is 6.60. The second-order valence-corrected chi connectivity index (χ2v) is 7.54. The van der Waals surface area contributed by atoms with Crippen molar-refractivity contribution in [2.75, 3.05) is 13.7 Å². The Morgan fingerprint density at radius 3 is 2.36 bits per heavy atom. The van der Waals surface area contributed by atoms with Crippen LogP contribution in [0.25, 0.3) is 0 Å². The maximum atomic E-state index is 13.0. The van der Waals surface area contributed by atoms with E-state index in [-0.39, 0.29) is 22.5 Å². The summed E-state index contributed by atoms with van der Waals surface area (Å²) in [6.07, 6.45) is 1.41. The molecule has 0 unspecified atom stereocenters. The number of nitrogens with one attached hydrogen (secondary N) is 1. The normalized spacial score (nSPS) is 10.8. The Morgan fingerprint density at radius 1 is 1.03 bits per heavy atom. The molecule has 0 heterocycles. The van der Waals surface area contributed by atoms with E-state index in [1.54, 1.807) is 42.5 Å². The summed E-state index contributed by atoms with van der Waals surface area (Å²) in [7, 11) is 1.53. The van der Waals surface area contributed by atoms with E-state index in [0.717, 1.165) is 5.56 Å². The zero-order valence-electron chi connectivity index (χ0n) is 17.9. The molecule has 3 aromatic carbocycles. The molecule has 0 aliphatic heterocycles. The number of hydrogen-bond donors (Lipinski definition) is 1. The Hall–Kier alpha value is -3.29. The number of nitrogens with zero attached hydrogens (tertiary/aromatic N) is 1. The molecule has 0 fully saturated rings. The van der Waals surface area contributed by atoms with Crippen molar-refractivity contribution in [1.29, 1.82) is 0 Å². The number of methoxy groups -OCH3 is 1. The smallest absolute Gasteiger partial charge is 0.271 e. The van der Waals surface area contributed by atoms with Gasteiger partial charge in [0.05, 0.1) is 30.0 Å². The van der Waals surface area contributed by atoms with Crippen LogP contribution in [0.2, 0.25) is 10.0 Å². The van der Waals surface area contributed by atoms with Crippen molar-refractivity contribution in [2.45, 2.75) is 13.5 Å². The lowest BCUT2D eigenvalue weighted by Gasteiger charge is -2.11. The molecule has 0 saturated heterocycles. The Labute approximate surface area is 200 Å². The Bertz CT molecular complexity index is 1130. The maximum absolute atomic E-state index is 13.0. The monoisotopic (exact) mass is 490 g/mol. The largest absolute Gasteiger partial charge is 0.493 e. The molecule has 6 nitrogen and oxygen atoms in total. The van der Waals surface area contributed by atoms with Crippen molar-refractivity contribution in [3.05, 3.63) is 87.2 Å². The summed E-state index contributed by atoms with van der Waals surface area (Å²) >= 11 is 12.6. The number of halogens is 3. The van der Waals surface area contributed by atoms with Crippen LogP contribution >= 0.6 is 23.2 Å². The summed E-state index contributed by atoms with van der Waals surface area (Å²) < 4.78 is 29.4. The molecule has 3 rings (SSSR count). The van der Waals surface area contributed by atoms with E-state index in [4.69, 9.17) is 37.4 Å². The number of rotatable bonds is 9. The molecule has 0 bridgehead atoms. The first-order chi connectivity index (χ1) is 15.9. The minimum absolute atomic E-state index is 0.175. The molecule has 172 valence electrons. The van der Waals surface area contributed by atoms with Crippen molar-refractivity contribution in [3.8, 4) is 17.2 Å². The second-order valence-electron chi connectivity index (χ2n) is 6.73. The highest BCUT2D eigenvalue weighted by atomic mass is 35.5. The number of hydrogen-bond acceptors (Lipinski definition) is 5. The molecule has 0 radical (unpaired) electrons. The van der Waals surface area contributed by atoms with E-state index >= 15 is 0 Å². The Morgan fingerprint density at radius 2 is 1.73 bits per heavy atom. The van der Waals surface area contributed by atoms with Crippen LogP contribution in [0.15, 0.2) is 59.7 Å². The highest BCUT2D eigenvalue weighted by Crippen LogP contribution is 2.34. The minimum Gasteiger partial charge on any atom is -0.493 e. The van der Waals surface area contributed by atoms with Gasteiger partial charge in [0, 0.05) is 5.56 Å². The van der Waals surface area contributed by atoms with Crippen LogP contribution in [0, 0.1) is 5.82 Å². The highest BCUT2D eigenvalue weighted by Gasteiger charge is 2.12. The van der Waals surface area contributed by atoms with Crippen molar-refractivity contribution in [1.82, 2.24) is 5.43 Å². The van der Waals surface area contributed by atoms with Gasteiger partial charge < -0.3 is 14.2 Å². The summed E-state index contributed by atoms with van der Waals surface area (Å²) in [6, 6.07) is 13.9. The lowest BCUT2D eigenvalue weighted by Crippen LogP contribution is -2.17. The third-order valence-corrected chi connectivity index (χ3v) is 4.98. The summed E-state index contributed by atoms with van der Waals surface area (Å²) in [5.74, 6) is 0.540. The summed E-state index contributed by atoms with van der Waals surface area (Å²) in [4.78, 5) is 12.4. The van der Waals surface area contributed by atoms with Crippen LogP contribution < -0.4 is 19.6 Å². The van der Waals surface area contributed by atoms with E-state index < -0.39 is 5.91 Å². The first kappa shape index (κ1) is 24.4. The number of hydrazone groups is 1. The molecule has 3 aromatic rings. The molecular weight excluding hydrogens is 470 g/mol. The fourth-order valence-corrected chi connectivity index (χ4v) is 3.46. The number of carbonyl (C=O) groups excluding carboxylic acids is 1. The molecule has 1 N–H and O–H groups in total. The number of carbonyl (C=O) groups is 1. The zero-order chi connectivity index (χ0) is 23.8. The maximum Gasteiger partial charge on any atom is 0.271 e. The highest BCUT2D eigenvalue weighted by molar-refractivity contribution is 6.37. The molecule has 0 spiro atoms. The van der Waals surface area contributed by atoms with Crippen molar-refractivity contribution < 1.29 is 23.4 Å². The van der Waals surface area contributed by atoms with E-state index in [1.807, 2.05) is 6.92 Å². The predicted octanol–water partition coefficient (Wildman–Crippen LogP) is 5.88. The van der Waals surface area contributed by atoms with Gasteiger partial charge in [0.25, 0.3) is 5.91 Å². The van der Waals surface area contributed by atoms with Gasteiger partial charge >= 0.3 is 0 Å². The molecule has 0 aliphatic rings. The second kappa shape index (κ2) is 11.5. The summed E-state index contributed by atoms with van der Waals surface area (Å²) in [5, 5.41) is 4.50. The predicted molar refractivity (Wildman–Crippen MR) is 126 cm³/mol. The Balaban J connectivity index is 1.64. The van der Waals surface area contributed by atoms with Crippen LogP contribution in [-0.4, -0.2) is 25.8 Å². The van der Waals surface area contributed by atoms with Gasteiger partial charge in [0.15, 0.2) is 17.2 Å². The molecule has 0 aromatic heterocycles. The van der Waals surface area contributed by atoms with Crippen LogP contribution in [0.4, 0.5) is 4.39 Å². The lowest BCUT2D eigenvalue weighted by molar-refractivity contribution is 0.0954. The summed E-state index contributed by atoms with van der Waals surface area (Å²) in [5.41, 5.74) is 4.13. The van der Waals surface area contributed by atoms with Crippen molar-refractivity contribution in [3.63, 3.8) is 0 Å². The van der Waals surface area contributed by atoms with E-state index in [9.17, 15) is 9.18 Å². The SMILES string of the molecule is CCOc1cc(C(=O)N/N=C/c2cc(Cl)c(OCc3ccc(F)cc3)c(Cl)c2)ccc1OC. The molecule has 0 saturated carbocycles. The fraction of sp³-hybridized carbons (Fsp3) is 0.167. The summed E-state index contributed by atoms with van der Waals surface area (Å²) in [6.45, 7) is 2.45. The van der Waals surface area contributed by atoms with Crippen LogP contribution in [-0.2, 0) is 6.61 Å². The fourth-order valence-electron chi connectivity index (χ4n) is 2.84. The van der Waals surface area contributed by atoms with E-state index in [2.05, 4.69) is 10.5 Å². The van der Waals surface area contributed by atoms with E-state index in [1.165, 1.54) is 25.5 Å². The lowest BCUT2D eigenvalue weighted by atomic mass is 10.2. The molecule has 0 atom stereocenters. The van der Waals surface area contributed by atoms with Crippen LogP contribution in [0.5, 0.6) is 17.2 Å². The standard InChI is InChI=1S/C24H21Cl2FN2O4/c1-3-32-22-12-17(6-9-21(22)31-2)24(30)29-28-13-16-10-19(25)23(20(26)11-16)33-14-15-4-7-18(27)8-5-15/h4-13H,3,14H2,1-2H3,(H,29,30)/b28-13+. The molecule has 9 heteroatoms. The van der Waals surface area contributed by atoms with Gasteiger partial charge in [0.1, 0.15) is 12.4 Å². The Kier molecular flexibility index (Phi) is 8.52. The molecule has 33 heavy (non-hydrogen) atoms. The first-order valence-corrected chi connectivity index (χ1v) is 10.7. The van der Waals surface area contributed by atoms with Gasteiger partial charge in [-0.1, -0.05) is 35.3 Å². The van der Waals surface area contributed by atoms with Crippen molar-refractivity contribution >= 4 is 35.3 Å². The molecular formula is C24H21Cl2FN2O4. The van der Waals surface area contributed by atoms with E-state index in [0.29, 0.717) is 35.0 Å². The van der Waals surface area contributed by atoms with Gasteiger partial charge in [-0.05, 0) is 60.5 Å². The van der Waals surface area contributed by atoms with Gasteiger partial charge in [-0.25, -0.2) is 9.82 Å². The van der Waals surface area contributed by atoms with Crippen LogP contribution in [0.3, 0.4) is 0 Å². The molecule has 1 amide bonds. The van der Waals surface area contributed by atoms with Gasteiger partial charge in [0.2, 0.25) is 0 Å². The van der Waals surface area contributed by atoms with Gasteiger partial charge in [-0.15, -0.1) is 0 Å². The molecule has 0 aliphatic carbocycles. The first-order valence-electron chi connectivity index (χ1n) is 9.91. The van der Waals surface area contributed by atoms with Crippen molar-refractivity contribution in [2.24, 2.45) is 5.10 Å². The number of benzene rings is 3. The van der Waals surface area contributed by atoms with Gasteiger partial charge in [-0.3, -0.25) is 4.79 Å². The third-order valence-electron chi connectivity index (χ3n) is 4.42. The van der Waals surface area contributed by atoms with Gasteiger partial charge in [-0.2, -0.15) is 5.10 Å². The van der Waals surface area contributed by atoms with Crippen LogP contribution in [0.1, 0.15) is 28.4 Å². The quantitative estimate of drug-likeness (QED) is 0.300. The topological polar surface area (TPSA) is 69.2 Å². The minimum atomic E-state index is -0.425. The average Bonchev–Trinajstić information content (AvgIpc) is 2.80. The zero-order valence-corrected chi connectivity index (χ0v) is 19.4. The average molecular weight is 491 g/mol. The number of amides is 1.